The number of rotatable bonds is 7. The second kappa shape index (κ2) is 13.7. The molecule has 2 heterocycles. The largest absolute Gasteiger partial charge is 0.382 e. The molecule has 0 radical (unpaired) electrons. The van der Waals surface area contributed by atoms with Crippen LogP contribution >= 0.6 is 0 Å². The number of methoxy groups -OCH3 is 1. The van der Waals surface area contributed by atoms with Gasteiger partial charge in [-0.2, -0.15) is 26.9 Å². The predicted octanol–water partition coefficient (Wildman–Crippen LogP) is 4.76. The molecule has 0 unspecified atom stereocenters. The van der Waals surface area contributed by atoms with Crippen LogP contribution in [0.15, 0.2) is 146 Å². The molecule has 0 N–H and O–H groups in total. The molecule has 7 rings (SSSR count). The molecule has 2 aliphatic heterocycles. The van der Waals surface area contributed by atoms with E-state index in [2.05, 4.69) is 162 Å². The maximum Gasteiger partial charge on any atom is 0.201 e. The third kappa shape index (κ3) is 6.07. The van der Waals surface area contributed by atoms with E-state index >= 15 is 0 Å². The second-order valence-corrected chi connectivity index (χ2v) is 11.7. The molecule has 1 atom stereocenters. The van der Waals surface area contributed by atoms with Crippen LogP contribution in [0.1, 0.15) is 24.0 Å². The molecule has 43 heavy (non-hydrogen) atoms. The fourth-order valence-corrected chi connectivity index (χ4v) is 7.19. The van der Waals surface area contributed by atoms with Crippen molar-refractivity contribution >= 4 is 34.2 Å². The molecule has 216 valence electrons. The Bertz CT molecular complexity index is 1440. The number of fused-ring (bicyclic) bond motifs is 1. The first-order chi connectivity index (χ1) is 21.3. The number of hydrogen-bond acceptors (Lipinski definition) is 2. The van der Waals surface area contributed by atoms with Crippen molar-refractivity contribution in [1.29, 1.82) is 0 Å². The molecule has 0 bridgehead atoms. The summed E-state index contributed by atoms with van der Waals surface area (Å²) in [6, 6.07) is 52.8. The maximum atomic E-state index is 5.33. The zero-order valence-electron chi connectivity index (χ0n) is 25.1. The molecule has 4 heteroatoms. The molecule has 1 fully saturated rings. The summed E-state index contributed by atoms with van der Waals surface area (Å²) in [5, 5.41) is 2.49. The Morgan fingerprint density at radius 3 is 1.60 bits per heavy atom. The lowest BCUT2D eigenvalue weighted by atomic mass is 9.13. The van der Waals surface area contributed by atoms with Gasteiger partial charge < -0.3 is 4.74 Å². The van der Waals surface area contributed by atoms with E-state index < -0.39 is 6.15 Å². The van der Waals surface area contributed by atoms with Gasteiger partial charge in [-0.1, -0.05) is 140 Å². The summed E-state index contributed by atoms with van der Waals surface area (Å²) in [5.74, 6) is 0. The van der Waals surface area contributed by atoms with Crippen LogP contribution in [0.25, 0.3) is 0 Å². The average Bonchev–Trinajstić information content (AvgIpc) is 3.56. The highest BCUT2D eigenvalue weighted by molar-refractivity contribution is 7.19. The lowest BCUT2D eigenvalue weighted by molar-refractivity contribution is -0.691. The van der Waals surface area contributed by atoms with Gasteiger partial charge in [-0.3, -0.25) is 0 Å². The van der Waals surface area contributed by atoms with E-state index in [9.17, 15) is 0 Å². The summed E-state index contributed by atoms with van der Waals surface area (Å²) in [6.45, 7) is 3.09. The Hall–Kier alpha value is -4.41. The summed E-state index contributed by atoms with van der Waals surface area (Å²) in [7, 11) is 1.80. The monoisotopic (exact) mass is 564 g/mol. The van der Waals surface area contributed by atoms with Gasteiger partial charge in [0.1, 0.15) is 12.2 Å². The first kappa shape index (κ1) is 28.7. The van der Waals surface area contributed by atoms with Crippen molar-refractivity contribution in [3.05, 3.63) is 157 Å². The van der Waals surface area contributed by atoms with Crippen LogP contribution in [0.3, 0.4) is 0 Å². The van der Waals surface area contributed by atoms with Crippen LogP contribution in [0.5, 0.6) is 0 Å². The Kier molecular flexibility index (Phi) is 9.15. The van der Waals surface area contributed by atoms with E-state index in [-0.39, 0.29) is 0 Å². The van der Waals surface area contributed by atoms with Crippen LogP contribution in [0, 0.1) is 0 Å². The first-order valence-electron chi connectivity index (χ1n) is 15.6. The van der Waals surface area contributed by atoms with Crippen molar-refractivity contribution in [2.24, 2.45) is 0 Å². The van der Waals surface area contributed by atoms with Crippen LogP contribution in [0.4, 0.5) is 0 Å². The van der Waals surface area contributed by atoms with Crippen molar-refractivity contribution in [2.45, 2.75) is 25.3 Å². The fraction of sp³-hybridized carbons (Fsp3) is 0.205. The van der Waals surface area contributed by atoms with Crippen LogP contribution in [-0.4, -0.2) is 54.9 Å². The van der Waals surface area contributed by atoms with Gasteiger partial charge in [-0.25, -0.2) is 0 Å². The van der Waals surface area contributed by atoms with E-state index in [0.717, 1.165) is 26.1 Å². The minimum atomic E-state index is -1.22. The molecule has 5 aromatic rings. The fourth-order valence-electron chi connectivity index (χ4n) is 7.19. The number of hydrogen-bond donors (Lipinski definition) is 0. The van der Waals surface area contributed by atoms with Gasteiger partial charge in [0.05, 0.1) is 13.2 Å². The van der Waals surface area contributed by atoms with Gasteiger partial charge in [-0.15, -0.1) is 4.68 Å². The zero-order chi connectivity index (χ0) is 29.3. The molecular weight excluding hydrogens is 523 g/mol. The first-order valence-corrected chi connectivity index (χ1v) is 15.6. The van der Waals surface area contributed by atoms with Gasteiger partial charge in [-0.05, 0) is 24.5 Å². The maximum absolute atomic E-state index is 5.33. The third-order valence-corrected chi connectivity index (χ3v) is 9.19. The summed E-state index contributed by atoms with van der Waals surface area (Å²) in [4.78, 5) is 0. The van der Waals surface area contributed by atoms with Crippen LogP contribution in [0.2, 0.25) is 0 Å². The molecule has 5 aromatic carbocycles. The van der Waals surface area contributed by atoms with E-state index in [1.165, 1.54) is 45.8 Å². The van der Waals surface area contributed by atoms with Crippen molar-refractivity contribution in [2.75, 3.05) is 26.8 Å². The summed E-state index contributed by atoms with van der Waals surface area (Å²) >= 11 is 0. The quantitative estimate of drug-likeness (QED) is 0.209. The number of nitrogens with zero attached hydrogens (tertiary/aromatic N) is 2. The Morgan fingerprint density at radius 1 is 0.651 bits per heavy atom. The minimum absolute atomic E-state index is 0.552. The molecule has 3 nitrogen and oxygen atoms in total. The van der Waals surface area contributed by atoms with Gasteiger partial charge in [0.15, 0.2) is 6.54 Å². The van der Waals surface area contributed by atoms with Crippen molar-refractivity contribution in [3.8, 4) is 0 Å². The van der Waals surface area contributed by atoms with Gasteiger partial charge in [0.25, 0.3) is 0 Å². The average molecular weight is 565 g/mol. The predicted molar refractivity (Wildman–Crippen MR) is 182 cm³/mol. The highest BCUT2D eigenvalue weighted by atomic mass is 16.5. The normalized spacial score (nSPS) is 16.1. The zero-order valence-corrected chi connectivity index (χ0v) is 25.1. The molecule has 0 amide bonds. The Balaban J connectivity index is 0.000000162. The standard InChI is InChI=1S/C24H20B.C15H21N2O/c1-5-13-21(14-6-1)25(22-15-7-2-8-16-22,23-17-9-3-10-18-23)24-19-11-4-12-20-24;1-18-12-15-7-4-9-17(15)16-10-8-13-5-2-3-6-14(13)11-16/h1-20H;2-3,5-6,11,15H,4,7-10,12H2,1H3/q-1;+1/t;15-/m.1/s1. The smallest absolute Gasteiger partial charge is 0.201 e. The number of hydrazine groups is 1. The second-order valence-electron chi connectivity index (χ2n) is 11.7. The van der Waals surface area contributed by atoms with Crippen LogP contribution < -0.4 is 21.9 Å². The number of benzene rings is 5. The summed E-state index contributed by atoms with van der Waals surface area (Å²) in [5.41, 5.74) is 8.19. The summed E-state index contributed by atoms with van der Waals surface area (Å²) in [6.07, 6.45) is 4.75. The highest BCUT2D eigenvalue weighted by Crippen LogP contribution is 2.20. The summed E-state index contributed by atoms with van der Waals surface area (Å²) < 4.78 is 7.74. The SMILES string of the molecule is COC[C@H]1CCCN1[N+]1=Cc2ccccc2CC1.c1ccc([B-](c2ccccc2)(c2ccccc2)c2ccccc2)cc1. The molecule has 0 saturated carbocycles. The van der Waals surface area contributed by atoms with E-state index in [0.29, 0.717) is 6.04 Å². The lowest BCUT2D eigenvalue weighted by Crippen LogP contribution is -2.74. The van der Waals surface area contributed by atoms with E-state index in [4.69, 9.17) is 4.74 Å². The molecule has 1 saturated heterocycles. The topological polar surface area (TPSA) is 15.5 Å². The number of ether oxygens (including phenoxy) is 1. The molecule has 0 aromatic heterocycles. The molecular formula is C39H41BN2O. The van der Waals surface area contributed by atoms with E-state index in [1.54, 1.807) is 7.11 Å². The van der Waals surface area contributed by atoms with Crippen molar-refractivity contribution < 1.29 is 9.42 Å². The van der Waals surface area contributed by atoms with Crippen molar-refractivity contribution in [1.82, 2.24) is 5.01 Å². The van der Waals surface area contributed by atoms with E-state index in [1.807, 2.05) is 0 Å². The lowest BCUT2D eigenvalue weighted by Gasteiger charge is -2.44. The Morgan fingerprint density at radius 2 is 1.12 bits per heavy atom. The van der Waals surface area contributed by atoms with Crippen LogP contribution in [-0.2, 0) is 11.2 Å². The van der Waals surface area contributed by atoms with Gasteiger partial charge in [0.2, 0.25) is 6.21 Å². The highest BCUT2D eigenvalue weighted by Gasteiger charge is 2.33. The Labute approximate surface area is 257 Å². The van der Waals surface area contributed by atoms with Crippen molar-refractivity contribution in [3.63, 3.8) is 0 Å². The van der Waals surface area contributed by atoms with Gasteiger partial charge >= 0.3 is 0 Å². The molecule has 2 aliphatic rings. The molecule has 0 aliphatic carbocycles. The number of hydrazone groups is 1. The third-order valence-electron chi connectivity index (χ3n) is 9.19. The van der Waals surface area contributed by atoms with Gasteiger partial charge in [0, 0.05) is 19.1 Å². The molecule has 0 spiro atoms. The minimum Gasteiger partial charge on any atom is -0.382 e.